The molecule has 1 aliphatic heterocycles. The molecule has 0 atom stereocenters. The van der Waals surface area contributed by atoms with Gasteiger partial charge in [0.1, 0.15) is 5.82 Å². The van der Waals surface area contributed by atoms with Crippen LogP contribution >= 0.6 is 0 Å². The average Bonchev–Trinajstić information content (AvgIpc) is 2.29. The van der Waals surface area contributed by atoms with E-state index in [1.807, 2.05) is 6.07 Å². The first kappa shape index (κ1) is 11.9. The first-order valence-electron chi connectivity index (χ1n) is 5.87. The van der Waals surface area contributed by atoms with Crippen molar-refractivity contribution in [3.05, 3.63) is 35.6 Å². The normalized spacial score (nSPS) is 17.1. The summed E-state index contributed by atoms with van der Waals surface area (Å²) in [5.74, 6) is 0.262. The summed E-state index contributed by atoms with van der Waals surface area (Å²) in [4.78, 5) is 12.2. The van der Waals surface area contributed by atoms with E-state index in [9.17, 15) is 9.18 Å². The Balaban J connectivity index is 1.88. The fourth-order valence-corrected chi connectivity index (χ4v) is 2.33. The van der Waals surface area contributed by atoms with Crippen LogP contribution in [0.15, 0.2) is 24.3 Å². The minimum Gasteiger partial charge on any atom is -0.465 e. The molecule has 0 aliphatic carbocycles. The van der Waals surface area contributed by atoms with Gasteiger partial charge in [0.15, 0.2) is 0 Å². The third kappa shape index (κ3) is 3.19. The molecule has 3 nitrogen and oxygen atoms in total. The number of rotatable bonds is 2. The molecule has 1 heterocycles. The number of nitrogens with zero attached hydrogens (tertiary/aromatic N) is 1. The Labute approximate surface area is 99.9 Å². The molecule has 1 aromatic rings. The van der Waals surface area contributed by atoms with Crippen molar-refractivity contribution in [1.29, 1.82) is 0 Å². The summed E-state index contributed by atoms with van der Waals surface area (Å²) < 4.78 is 13.0. The van der Waals surface area contributed by atoms with Gasteiger partial charge in [0.05, 0.1) is 0 Å². The molecule has 1 saturated heterocycles. The highest BCUT2D eigenvalue weighted by atomic mass is 19.1. The first-order chi connectivity index (χ1) is 8.15. The fourth-order valence-electron chi connectivity index (χ4n) is 2.33. The highest BCUT2D eigenvalue weighted by Gasteiger charge is 2.22. The van der Waals surface area contributed by atoms with E-state index < -0.39 is 6.09 Å². The fraction of sp³-hybridized carbons (Fsp3) is 0.462. The Bertz CT molecular complexity index is 400. The zero-order valence-electron chi connectivity index (χ0n) is 9.60. The summed E-state index contributed by atoms with van der Waals surface area (Å²) in [5, 5.41) is 8.83. The van der Waals surface area contributed by atoms with Crippen LogP contribution in [0, 0.1) is 11.7 Å². The Morgan fingerprint density at radius 3 is 2.71 bits per heavy atom. The molecule has 4 heteroatoms. The Kier molecular flexibility index (Phi) is 3.61. The second-order valence-electron chi connectivity index (χ2n) is 4.55. The number of amides is 1. The first-order valence-corrected chi connectivity index (χ1v) is 5.87. The monoisotopic (exact) mass is 237 g/mol. The largest absolute Gasteiger partial charge is 0.465 e. The third-order valence-electron chi connectivity index (χ3n) is 3.30. The van der Waals surface area contributed by atoms with Gasteiger partial charge in [-0.3, -0.25) is 0 Å². The summed E-state index contributed by atoms with van der Waals surface area (Å²) in [6.07, 6.45) is 1.73. The summed E-state index contributed by atoms with van der Waals surface area (Å²) in [6, 6.07) is 6.64. The molecule has 0 unspecified atom stereocenters. The quantitative estimate of drug-likeness (QED) is 0.859. The Morgan fingerprint density at radius 2 is 2.12 bits per heavy atom. The molecule has 1 amide bonds. The van der Waals surface area contributed by atoms with Crippen molar-refractivity contribution < 1.29 is 14.3 Å². The zero-order chi connectivity index (χ0) is 12.3. The molecule has 1 aromatic carbocycles. The average molecular weight is 237 g/mol. The zero-order valence-corrected chi connectivity index (χ0v) is 9.60. The number of carboxylic acid groups (broad SMARTS) is 1. The van der Waals surface area contributed by atoms with Gasteiger partial charge in [-0.2, -0.15) is 0 Å². The second-order valence-corrected chi connectivity index (χ2v) is 4.55. The summed E-state index contributed by atoms with van der Waals surface area (Å²) in [6.45, 7) is 1.19. The molecule has 0 saturated carbocycles. The molecule has 0 aromatic heterocycles. The van der Waals surface area contributed by atoms with Crippen LogP contribution in [0.5, 0.6) is 0 Å². The number of piperidine rings is 1. The van der Waals surface area contributed by atoms with Gasteiger partial charge >= 0.3 is 6.09 Å². The van der Waals surface area contributed by atoms with Crippen LogP contribution in [0.25, 0.3) is 0 Å². The molecule has 2 rings (SSSR count). The SMILES string of the molecule is O=C(O)N1CCC(Cc2cccc(F)c2)CC1. The lowest BCUT2D eigenvalue weighted by Gasteiger charge is -2.30. The number of hydrogen-bond donors (Lipinski definition) is 1. The van der Waals surface area contributed by atoms with Crippen LogP contribution in [0.3, 0.4) is 0 Å². The maximum atomic E-state index is 13.0. The van der Waals surface area contributed by atoms with Gasteiger partial charge in [-0.05, 0) is 42.9 Å². The third-order valence-corrected chi connectivity index (χ3v) is 3.30. The van der Waals surface area contributed by atoms with Gasteiger partial charge in [-0.25, -0.2) is 9.18 Å². The Hall–Kier alpha value is -1.58. The molecule has 17 heavy (non-hydrogen) atoms. The van der Waals surface area contributed by atoms with Crippen molar-refractivity contribution in [2.24, 2.45) is 5.92 Å². The van der Waals surface area contributed by atoms with Crippen LogP contribution in [-0.2, 0) is 6.42 Å². The number of carbonyl (C=O) groups is 1. The van der Waals surface area contributed by atoms with E-state index in [0.29, 0.717) is 19.0 Å². The van der Waals surface area contributed by atoms with E-state index in [0.717, 1.165) is 24.8 Å². The number of halogens is 1. The van der Waals surface area contributed by atoms with E-state index in [4.69, 9.17) is 5.11 Å². The van der Waals surface area contributed by atoms with Gasteiger partial charge in [-0.1, -0.05) is 12.1 Å². The minimum atomic E-state index is -0.839. The molecule has 1 fully saturated rings. The lowest BCUT2D eigenvalue weighted by molar-refractivity contribution is 0.124. The van der Waals surface area contributed by atoms with Crippen molar-refractivity contribution in [1.82, 2.24) is 4.90 Å². The van der Waals surface area contributed by atoms with Gasteiger partial charge in [0.2, 0.25) is 0 Å². The predicted molar refractivity (Wildman–Crippen MR) is 62.4 cm³/mol. The lowest BCUT2D eigenvalue weighted by atomic mass is 9.90. The van der Waals surface area contributed by atoms with E-state index >= 15 is 0 Å². The van der Waals surface area contributed by atoms with E-state index in [1.165, 1.54) is 11.0 Å². The van der Waals surface area contributed by atoms with Crippen molar-refractivity contribution >= 4 is 6.09 Å². The molecule has 0 radical (unpaired) electrons. The van der Waals surface area contributed by atoms with Crippen LogP contribution in [-0.4, -0.2) is 29.2 Å². The van der Waals surface area contributed by atoms with Crippen LogP contribution in [0.2, 0.25) is 0 Å². The number of hydrogen-bond acceptors (Lipinski definition) is 1. The predicted octanol–water partition coefficient (Wildman–Crippen LogP) is 2.76. The minimum absolute atomic E-state index is 0.203. The lowest BCUT2D eigenvalue weighted by Crippen LogP contribution is -2.37. The van der Waals surface area contributed by atoms with Gasteiger partial charge in [0.25, 0.3) is 0 Å². The van der Waals surface area contributed by atoms with Crippen molar-refractivity contribution in [3.8, 4) is 0 Å². The smallest absolute Gasteiger partial charge is 0.407 e. The molecular weight excluding hydrogens is 221 g/mol. The summed E-state index contributed by atoms with van der Waals surface area (Å²) >= 11 is 0. The van der Waals surface area contributed by atoms with Gasteiger partial charge < -0.3 is 10.0 Å². The van der Waals surface area contributed by atoms with Crippen molar-refractivity contribution in [2.75, 3.05) is 13.1 Å². The Morgan fingerprint density at radius 1 is 1.41 bits per heavy atom. The molecule has 92 valence electrons. The highest BCUT2D eigenvalue weighted by Crippen LogP contribution is 2.21. The van der Waals surface area contributed by atoms with E-state index in [-0.39, 0.29) is 5.82 Å². The van der Waals surface area contributed by atoms with Gasteiger partial charge in [-0.15, -0.1) is 0 Å². The maximum absolute atomic E-state index is 13.0. The second kappa shape index (κ2) is 5.17. The summed E-state index contributed by atoms with van der Waals surface area (Å²) in [7, 11) is 0. The maximum Gasteiger partial charge on any atom is 0.407 e. The number of benzene rings is 1. The van der Waals surface area contributed by atoms with E-state index in [1.54, 1.807) is 12.1 Å². The number of likely N-dealkylation sites (tertiary alicyclic amines) is 1. The van der Waals surface area contributed by atoms with Crippen LogP contribution < -0.4 is 0 Å². The highest BCUT2D eigenvalue weighted by molar-refractivity contribution is 5.64. The topological polar surface area (TPSA) is 40.5 Å². The van der Waals surface area contributed by atoms with Crippen molar-refractivity contribution in [3.63, 3.8) is 0 Å². The van der Waals surface area contributed by atoms with E-state index in [2.05, 4.69) is 0 Å². The molecular formula is C13H16FNO2. The standard InChI is InChI=1S/C13H16FNO2/c14-12-3-1-2-11(9-12)8-10-4-6-15(7-5-10)13(16)17/h1-3,9-10H,4-8H2,(H,16,17). The van der Waals surface area contributed by atoms with Crippen LogP contribution in [0.1, 0.15) is 18.4 Å². The van der Waals surface area contributed by atoms with Crippen LogP contribution in [0.4, 0.5) is 9.18 Å². The molecule has 0 bridgehead atoms. The molecule has 1 N–H and O–H groups in total. The summed E-state index contributed by atoms with van der Waals surface area (Å²) in [5.41, 5.74) is 0.999. The molecule has 1 aliphatic rings. The van der Waals surface area contributed by atoms with Gasteiger partial charge in [0, 0.05) is 13.1 Å². The van der Waals surface area contributed by atoms with Crippen molar-refractivity contribution in [2.45, 2.75) is 19.3 Å². The molecule has 0 spiro atoms.